The van der Waals surface area contributed by atoms with E-state index in [1.807, 2.05) is 22.6 Å². The summed E-state index contributed by atoms with van der Waals surface area (Å²) in [6, 6.07) is 4.82. The van der Waals surface area contributed by atoms with Crippen molar-refractivity contribution in [3.05, 3.63) is 21.8 Å². The summed E-state index contributed by atoms with van der Waals surface area (Å²) < 4.78 is 29.1. The van der Waals surface area contributed by atoms with Crippen LogP contribution in [-0.4, -0.2) is 13.0 Å². The molecule has 0 saturated heterocycles. The van der Waals surface area contributed by atoms with Gasteiger partial charge < -0.3 is 10.5 Å². The van der Waals surface area contributed by atoms with Crippen LogP contribution in [0.1, 0.15) is 0 Å². The van der Waals surface area contributed by atoms with E-state index < -0.39 is 13.0 Å². The van der Waals surface area contributed by atoms with E-state index in [-0.39, 0.29) is 0 Å². The van der Waals surface area contributed by atoms with Gasteiger partial charge in [-0.3, -0.25) is 0 Å². The molecule has 0 atom stereocenters. The minimum Gasteiger partial charge on any atom is -0.488 e. The van der Waals surface area contributed by atoms with E-state index >= 15 is 0 Å². The van der Waals surface area contributed by atoms with Gasteiger partial charge in [-0.1, -0.05) is 0 Å². The maximum atomic E-state index is 11.7. The van der Waals surface area contributed by atoms with Crippen molar-refractivity contribution in [3.8, 4) is 5.75 Å². The molecule has 0 bridgehead atoms. The Kier molecular flexibility index (Phi) is 3.71. The molecule has 0 aliphatic rings. The van der Waals surface area contributed by atoms with Crippen LogP contribution in [0.3, 0.4) is 0 Å². The van der Waals surface area contributed by atoms with E-state index in [0.717, 1.165) is 3.57 Å². The lowest BCUT2D eigenvalue weighted by Gasteiger charge is -2.06. The van der Waals surface area contributed by atoms with Gasteiger partial charge in [0.1, 0.15) is 12.4 Å². The normalized spacial score (nSPS) is 10.5. The zero-order valence-corrected chi connectivity index (χ0v) is 8.79. The molecule has 2 N–H and O–H groups in total. The number of rotatable bonds is 3. The van der Waals surface area contributed by atoms with Gasteiger partial charge in [0.05, 0.1) is 0 Å². The fraction of sp³-hybridized carbons (Fsp3) is 0.250. The molecular weight excluding hydrogens is 291 g/mol. The van der Waals surface area contributed by atoms with E-state index in [9.17, 15) is 8.78 Å². The first kappa shape index (κ1) is 10.5. The number of nitrogens with two attached hydrogens (primary N) is 1. The zero-order chi connectivity index (χ0) is 9.84. The van der Waals surface area contributed by atoms with Crippen LogP contribution in [0.2, 0.25) is 0 Å². The van der Waals surface area contributed by atoms with Crippen LogP contribution < -0.4 is 10.5 Å². The number of ether oxygens (including phenoxy) is 1. The number of benzene rings is 1. The summed E-state index contributed by atoms with van der Waals surface area (Å²) in [6.45, 7) is -0.583. The molecule has 1 rings (SSSR count). The second kappa shape index (κ2) is 4.59. The minimum absolute atomic E-state index is 0.416. The van der Waals surface area contributed by atoms with Gasteiger partial charge >= 0.3 is 0 Å². The topological polar surface area (TPSA) is 35.2 Å². The summed E-state index contributed by atoms with van der Waals surface area (Å²) in [7, 11) is 0. The van der Waals surface area contributed by atoms with Crippen molar-refractivity contribution in [2.45, 2.75) is 6.43 Å². The number of anilines is 1. The fourth-order valence-corrected chi connectivity index (χ4v) is 1.24. The molecule has 0 saturated carbocycles. The number of nitrogen functional groups attached to an aromatic ring is 1. The van der Waals surface area contributed by atoms with Crippen molar-refractivity contribution < 1.29 is 13.5 Å². The largest absolute Gasteiger partial charge is 0.488 e. The van der Waals surface area contributed by atoms with Crippen LogP contribution in [0.5, 0.6) is 5.75 Å². The Morgan fingerprint density at radius 1 is 1.46 bits per heavy atom. The van der Waals surface area contributed by atoms with Gasteiger partial charge in [0.25, 0.3) is 6.43 Å². The van der Waals surface area contributed by atoms with Crippen LogP contribution in [-0.2, 0) is 0 Å². The van der Waals surface area contributed by atoms with E-state index in [1.165, 1.54) is 0 Å². The Labute approximate surface area is 88.2 Å². The van der Waals surface area contributed by atoms with Gasteiger partial charge in [-0.05, 0) is 40.8 Å². The third-order valence-corrected chi connectivity index (χ3v) is 2.28. The smallest absolute Gasteiger partial charge is 0.272 e. The fourth-order valence-electron chi connectivity index (χ4n) is 0.757. The van der Waals surface area contributed by atoms with Crippen LogP contribution in [0.4, 0.5) is 14.5 Å². The Morgan fingerprint density at radius 3 is 2.69 bits per heavy atom. The number of alkyl halides is 2. The lowest BCUT2D eigenvalue weighted by atomic mass is 10.3. The van der Waals surface area contributed by atoms with Gasteiger partial charge in [-0.2, -0.15) is 0 Å². The SMILES string of the molecule is Nc1ccc(OCC(F)F)cc1I. The number of hydrogen-bond donors (Lipinski definition) is 1. The average molecular weight is 299 g/mol. The summed E-state index contributed by atoms with van der Waals surface area (Å²) in [5.74, 6) is 0.416. The van der Waals surface area contributed by atoms with Crippen LogP contribution >= 0.6 is 22.6 Å². The van der Waals surface area contributed by atoms with Crippen molar-refractivity contribution in [2.24, 2.45) is 0 Å². The molecule has 72 valence electrons. The first-order chi connectivity index (χ1) is 6.09. The first-order valence-corrected chi connectivity index (χ1v) is 4.63. The molecule has 0 unspecified atom stereocenters. The highest BCUT2D eigenvalue weighted by Gasteiger charge is 2.04. The molecule has 5 heteroatoms. The molecule has 13 heavy (non-hydrogen) atoms. The maximum Gasteiger partial charge on any atom is 0.272 e. The molecule has 0 amide bonds. The second-order valence-corrected chi connectivity index (χ2v) is 3.55. The molecule has 1 aromatic carbocycles. The van der Waals surface area contributed by atoms with Crippen molar-refractivity contribution in [1.82, 2.24) is 0 Å². The van der Waals surface area contributed by atoms with Gasteiger partial charge in [0.2, 0.25) is 0 Å². The third kappa shape index (κ3) is 3.33. The molecule has 0 heterocycles. The summed E-state index contributed by atoms with van der Waals surface area (Å²) in [5.41, 5.74) is 6.15. The lowest BCUT2D eigenvalue weighted by Crippen LogP contribution is -2.07. The van der Waals surface area contributed by atoms with E-state index in [1.54, 1.807) is 18.2 Å². The average Bonchev–Trinajstić information content (AvgIpc) is 2.07. The second-order valence-electron chi connectivity index (χ2n) is 2.39. The highest BCUT2D eigenvalue weighted by Crippen LogP contribution is 2.21. The molecule has 0 aromatic heterocycles. The maximum absolute atomic E-state index is 11.7. The minimum atomic E-state index is -2.45. The highest BCUT2D eigenvalue weighted by molar-refractivity contribution is 14.1. The Morgan fingerprint density at radius 2 is 2.15 bits per heavy atom. The molecule has 2 nitrogen and oxygen atoms in total. The molecule has 0 radical (unpaired) electrons. The Bertz CT molecular complexity index is 293. The summed E-state index contributed by atoms with van der Waals surface area (Å²) >= 11 is 2.01. The van der Waals surface area contributed by atoms with Crippen LogP contribution in [0, 0.1) is 3.57 Å². The van der Waals surface area contributed by atoms with Crippen LogP contribution in [0.25, 0.3) is 0 Å². The Hall–Kier alpha value is -0.590. The predicted molar refractivity (Wildman–Crippen MR) is 55.1 cm³/mol. The monoisotopic (exact) mass is 299 g/mol. The van der Waals surface area contributed by atoms with Crippen molar-refractivity contribution in [2.75, 3.05) is 12.3 Å². The van der Waals surface area contributed by atoms with Gasteiger partial charge in [-0.25, -0.2) is 8.78 Å². The summed E-state index contributed by atoms with van der Waals surface area (Å²) in [6.07, 6.45) is -2.45. The van der Waals surface area contributed by atoms with Gasteiger partial charge in [-0.15, -0.1) is 0 Å². The molecular formula is C8H8F2INO. The Balaban J connectivity index is 2.63. The highest BCUT2D eigenvalue weighted by atomic mass is 127. The van der Waals surface area contributed by atoms with E-state index in [4.69, 9.17) is 10.5 Å². The standard InChI is InChI=1S/C8H8F2INO/c9-8(10)4-13-5-1-2-7(12)6(11)3-5/h1-3,8H,4,12H2. The third-order valence-electron chi connectivity index (χ3n) is 1.35. The quantitative estimate of drug-likeness (QED) is 0.687. The van der Waals surface area contributed by atoms with E-state index in [0.29, 0.717) is 11.4 Å². The van der Waals surface area contributed by atoms with Gasteiger partial charge in [0.15, 0.2) is 0 Å². The summed E-state index contributed by atoms with van der Waals surface area (Å²) in [5, 5.41) is 0. The van der Waals surface area contributed by atoms with Crippen molar-refractivity contribution in [1.29, 1.82) is 0 Å². The molecule has 0 spiro atoms. The first-order valence-electron chi connectivity index (χ1n) is 3.55. The lowest BCUT2D eigenvalue weighted by molar-refractivity contribution is 0.0819. The summed E-state index contributed by atoms with van der Waals surface area (Å²) in [4.78, 5) is 0. The van der Waals surface area contributed by atoms with E-state index in [2.05, 4.69) is 0 Å². The van der Waals surface area contributed by atoms with Crippen molar-refractivity contribution in [3.63, 3.8) is 0 Å². The zero-order valence-electron chi connectivity index (χ0n) is 6.64. The predicted octanol–water partition coefficient (Wildman–Crippen LogP) is 2.52. The molecule has 1 aromatic rings. The van der Waals surface area contributed by atoms with Crippen LogP contribution in [0.15, 0.2) is 18.2 Å². The number of halogens is 3. The molecule has 0 aliphatic heterocycles. The van der Waals surface area contributed by atoms with Gasteiger partial charge in [0, 0.05) is 9.26 Å². The molecule has 0 fully saturated rings. The van der Waals surface area contributed by atoms with Crippen molar-refractivity contribution >= 4 is 28.3 Å². The molecule has 0 aliphatic carbocycles. The number of hydrogen-bond acceptors (Lipinski definition) is 2.